The van der Waals surface area contributed by atoms with E-state index in [4.69, 9.17) is 0 Å². The van der Waals surface area contributed by atoms with E-state index in [-0.39, 0.29) is 30.3 Å². The zero-order chi connectivity index (χ0) is 30.9. The number of carbonyl (C=O) groups excluding carboxylic acids is 5. The number of aliphatic carboxylic acids is 1. The van der Waals surface area contributed by atoms with Gasteiger partial charge in [-0.15, -0.1) is 40.0 Å². The molecule has 0 radical (unpaired) electrons. The number of hydrogen-bond donors (Lipinski definition) is 5. The highest BCUT2D eigenvalue weighted by molar-refractivity contribution is 8.01. The normalized spacial score (nSPS) is 22.7. The number of β-lactam (4-membered cyclic amide) rings is 1. The molecule has 0 aliphatic carbocycles. The number of carbonyl (C=O) groups is 6. The van der Waals surface area contributed by atoms with Crippen LogP contribution in [0.15, 0.2) is 39.2 Å². The van der Waals surface area contributed by atoms with Crippen LogP contribution in [0.2, 0.25) is 0 Å². The molecule has 0 aromatic carbocycles. The molecule has 3 aliphatic heterocycles. The Balaban J connectivity index is 1.35. The molecule has 2 saturated heterocycles. The van der Waals surface area contributed by atoms with Gasteiger partial charge in [-0.25, -0.2) is 9.59 Å². The number of rotatable bonds is 10. The van der Waals surface area contributed by atoms with Crippen LogP contribution in [0.3, 0.4) is 0 Å². The summed E-state index contributed by atoms with van der Waals surface area (Å²) in [6.07, 6.45) is 1.54. The number of aromatic nitrogens is 2. The number of carboxylic acids is 1. The van der Waals surface area contributed by atoms with Gasteiger partial charge in [0.05, 0.1) is 6.20 Å². The SMILES string of the molecule is CCN1CCN(C(=O)NC(C(=O)N[C@]2(NO)C(=O)N3C(C(=O)O)=C(CSc4cnns4)CS[C@H]32)c2cccs2)C(=O)C1=O. The number of urea groups is 1. The molecule has 43 heavy (non-hydrogen) atoms. The molecule has 2 aromatic rings. The summed E-state index contributed by atoms with van der Waals surface area (Å²) in [5.41, 5.74) is -0.0396. The van der Waals surface area contributed by atoms with Gasteiger partial charge in [-0.3, -0.25) is 29.0 Å². The number of thioether (sulfide) groups is 2. The third kappa shape index (κ3) is 5.60. The number of nitrogens with zero attached hydrogens (tertiary/aromatic N) is 5. The standard InChI is InChI=1S/C23H24N8O8S4/c1-2-29-5-6-30(18(34)17(29)33)22(38)25-14(12-4-3-7-40-12)16(32)26-23(27-39)20(37)31-15(19(35)36)11(10-42-21(23)31)9-41-13-8-24-28-43-13/h3-4,7-8,14,21,27,39H,2,5-6,9-10H2,1H3,(H,25,38)(H,26,32)(H,35,36)/t14?,21-,23-/m0/s1. The van der Waals surface area contributed by atoms with E-state index in [1.807, 2.05) is 5.48 Å². The molecule has 5 rings (SSSR count). The number of carboxylic acid groups (broad SMARTS) is 1. The third-order valence-corrected chi connectivity index (χ3v) is 11.1. The minimum Gasteiger partial charge on any atom is -0.477 e. The summed E-state index contributed by atoms with van der Waals surface area (Å²) >= 11 is 4.71. The Morgan fingerprint density at radius 2 is 2.02 bits per heavy atom. The number of thiophene rings is 1. The van der Waals surface area contributed by atoms with E-state index < -0.39 is 52.7 Å². The van der Waals surface area contributed by atoms with Crippen LogP contribution in [0, 0.1) is 0 Å². The van der Waals surface area contributed by atoms with Gasteiger partial charge in [0.25, 0.3) is 5.91 Å². The summed E-state index contributed by atoms with van der Waals surface area (Å²) in [6.45, 7) is 2.05. The highest BCUT2D eigenvalue weighted by Crippen LogP contribution is 2.46. The van der Waals surface area contributed by atoms with Crippen molar-refractivity contribution >= 4 is 82.0 Å². The molecule has 1 unspecified atom stereocenters. The summed E-state index contributed by atoms with van der Waals surface area (Å²) in [4.78, 5) is 80.6. The van der Waals surface area contributed by atoms with Gasteiger partial charge in [-0.2, -0.15) is 5.48 Å². The second-order valence-electron chi connectivity index (χ2n) is 9.27. The van der Waals surface area contributed by atoms with Gasteiger partial charge in [0.2, 0.25) is 11.6 Å². The van der Waals surface area contributed by atoms with Gasteiger partial charge in [0.15, 0.2) is 0 Å². The lowest BCUT2D eigenvalue weighted by molar-refractivity contribution is -0.171. The average Bonchev–Trinajstić information content (AvgIpc) is 3.73. The first-order valence-corrected chi connectivity index (χ1v) is 16.3. The highest BCUT2D eigenvalue weighted by Gasteiger charge is 2.66. The number of hydrogen-bond acceptors (Lipinski definition) is 14. The average molecular weight is 669 g/mol. The van der Waals surface area contributed by atoms with E-state index in [2.05, 4.69) is 20.2 Å². The van der Waals surface area contributed by atoms with E-state index in [0.717, 1.165) is 43.7 Å². The number of nitrogens with one attached hydrogen (secondary N) is 3. The predicted octanol–water partition coefficient (Wildman–Crippen LogP) is -0.122. The number of piperazine rings is 1. The summed E-state index contributed by atoms with van der Waals surface area (Å²) in [5, 5.41) is 29.4. The fraction of sp³-hybridized carbons (Fsp3) is 0.391. The van der Waals surface area contributed by atoms with Crippen molar-refractivity contribution in [3.8, 4) is 0 Å². The maximum atomic E-state index is 13.6. The molecule has 0 spiro atoms. The lowest BCUT2D eigenvalue weighted by Gasteiger charge is -2.56. The molecule has 5 N–H and O–H groups in total. The summed E-state index contributed by atoms with van der Waals surface area (Å²) < 4.78 is 4.53. The van der Waals surface area contributed by atoms with Crippen molar-refractivity contribution in [1.29, 1.82) is 0 Å². The van der Waals surface area contributed by atoms with Gasteiger partial charge in [0, 0.05) is 36.0 Å². The Morgan fingerprint density at radius 3 is 2.65 bits per heavy atom. The maximum absolute atomic E-state index is 13.6. The van der Waals surface area contributed by atoms with Crippen molar-refractivity contribution in [1.82, 2.24) is 40.4 Å². The third-order valence-electron chi connectivity index (χ3n) is 6.87. The largest absolute Gasteiger partial charge is 0.477 e. The Kier molecular flexibility index (Phi) is 9.04. The molecule has 0 saturated carbocycles. The van der Waals surface area contributed by atoms with E-state index in [9.17, 15) is 39.1 Å². The minimum absolute atomic E-state index is 0.0816. The number of fused-ring (bicyclic) bond motifs is 1. The molecule has 16 nitrogen and oxygen atoms in total. The number of hydroxylamine groups is 1. The molecule has 228 valence electrons. The number of amides is 6. The molecule has 2 aromatic heterocycles. The van der Waals surface area contributed by atoms with Crippen LogP contribution in [-0.4, -0.2) is 112 Å². The zero-order valence-corrected chi connectivity index (χ0v) is 25.5. The van der Waals surface area contributed by atoms with E-state index in [1.54, 1.807) is 30.6 Å². The molecule has 3 aliphatic rings. The summed E-state index contributed by atoms with van der Waals surface area (Å²) in [7, 11) is 0. The quantitative estimate of drug-likeness (QED) is 0.0735. The van der Waals surface area contributed by atoms with Crippen molar-refractivity contribution in [3.05, 3.63) is 39.9 Å². The fourth-order valence-electron chi connectivity index (χ4n) is 4.72. The van der Waals surface area contributed by atoms with Crippen LogP contribution in [0.4, 0.5) is 4.79 Å². The van der Waals surface area contributed by atoms with Gasteiger partial charge >= 0.3 is 23.8 Å². The first-order chi connectivity index (χ1) is 20.6. The molecular formula is C23H24N8O8S4. The van der Waals surface area contributed by atoms with E-state index in [0.29, 0.717) is 21.9 Å². The molecular weight excluding hydrogens is 645 g/mol. The second-order valence-corrected chi connectivity index (χ2v) is 13.4. The second kappa shape index (κ2) is 12.6. The van der Waals surface area contributed by atoms with Crippen LogP contribution in [-0.2, 0) is 24.0 Å². The number of likely N-dealkylation sites (N-methyl/N-ethyl adjacent to an activating group) is 1. The van der Waals surface area contributed by atoms with Crippen LogP contribution in [0.5, 0.6) is 0 Å². The van der Waals surface area contributed by atoms with Crippen molar-refractivity contribution in [2.24, 2.45) is 0 Å². The van der Waals surface area contributed by atoms with Gasteiger partial charge < -0.3 is 25.8 Å². The maximum Gasteiger partial charge on any atom is 0.352 e. The van der Waals surface area contributed by atoms with Crippen molar-refractivity contribution < 1.29 is 39.1 Å². The summed E-state index contributed by atoms with van der Waals surface area (Å²) in [6, 6.07) is 0.764. The van der Waals surface area contributed by atoms with Crippen LogP contribution < -0.4 is 16.1 Å². The first kappa shape index (κ1) is 30.9. The van der Waals surface area contributed by atoms with Crippen LogP contribution in [0.1, 0.15) is 17.8 Å². The lowest BCUT2D eigenvalue weighted by atomic mass is 9.95. The monoisotopic (exact) mass is 668 g/mol. The molecule has 5 heterocycles. The minimum atomic E-state index is -2.11. The molecule has 6 amide bonds. The van der Waals surface area contributed by atoms with E-state index in [1.165, 1.54) is 16.7 Å². The Hall–Kier alpha value is -3.56. The zero-order valence-electron chi connectivity index (χ0n) is 22.2. The van der Waals surface area contributed by atoms with Crippen molar-refractivity contribution in [2.75, 3.05) is 31.1 Å². The topological polar surface area (TPSA) is 214 Å². The fourth-order valence-corrected chi connectivity index (χ4v) is 8.46. The Morgan fingerprint density at radius 1 is 1.23 bits per heavy atom. The molecule has 20 heteroatoms. The Labute approximate surface area is 260 Å². The predicted molar refractivity (Wildman–Crippen MR) is 154 cm³/mol. The molecule has 0 bridgehead atoms. The molecule has 3 atom stereocenters. The summed E-state index contributed by atoms with van der Waals surface area (Å²) in [5.74, 6) is -4.64. The van der Waals surface area contributed by atoms with Gasteiger partial charge in [0.1, 0.15) is 21.3 Å². The van der Waals surface area contributed by atoms with Crippen molar-refractivity contribution in [2.45, 2.75) is 28.2 Å². The Bertz CT molecular complexity index is 1490. The smallest absolute Gasteiger partial charge is 0.352 e. The first-order valence-electron chi connectivity index (χ1n) is 12.6. The van der Waals surface area contributed by atoms with Gasteiger partial charge in [-0.05, 0) is 35.5 Å². The van der Waals surface area contributed by atoms with Gasteiger partial charge in [-0.1, -0.05) is 10.6 Å². The number of imide groups is 1. The van der Waals surface area contributed by atoms with Crippen LogP contribution >= 0.6 is 46.4 Å². The highest BCUT2D eigenvalue weighted by atomic mass is 32.2. The lowest BCUT2D eigenvalue weighted by Crippen LogP contribution is -2.85. The van der Waals surface area contributed by atoms with E-state index >= 15 is 0 Å². The molecule has 2 fully saturated rings. The van der Waals surface area contributed by atoms with Crippen molar-refractivity contribution in [3.63, 3.8) is 0 Å². The van der Waals surface area contributed by atoms with Crippen LogP contribution in [0.25, 0.3) is 0 Å².